The third-order valence-electron chi connectivity index (χ3n) is 0.957. The molecule has 0 unspecified atom stereocenters. The third-order valence-corrected chi connectivity index (χ3v) is 0.957. The van der Waals surface area contributed by atoms with Crippen LogP contribution in [-0.2, 0) is 0 Å². The number of hydrogen-bond donors (Lipinski definition) is 0. The summed E-state index contributed by atoms with van der Waals surface area (Å²) in [4.78, 5) is 0. The molecule has 30 valence electrons. The van der Waals surface area contributed by atoms with Gasteiger partial charge in [-0.15, -0.1) is 12.4 Å². The lowest BCUT2D eigenvalue weighted by Gasteiger charge is -1.80. The van der Waals surface area contributed by atoms with E-state index in [1.54, 1.807) is 0 Å². The van der Waals surface area contributed by atoms with Gasteiger partial charge in [0.05, 0.1) is 22.8 Å². The smallest absolute Gasteiger partial charge is 0.104 e. The molecule has 0 rings (SSSR count). The fourth-order valence-corrected chi connectivity index (χ4v) is 0.500. The average molecular weight is 77.4 g/mol. The van der Waals surface area contributed by atoms with Crippen LogP contribution in [0.5, 0.6) is 0 Å². The van der Waals surface area contributed by atoms with Gasteiger partial charge in [-0.2, -0.15) is 0 Å². The standard InChI is InChI=1S/C2H10B4/c3-1-5-2-6-4/h5-6H,1-4H2. The second kappa shape index (κ2) is 5.26. The topological polar surface area (TPSA) is 0 Å². The van der Waals surface area contributed by atoms with Gasteiger partial charge in [-0.3, -0.25) is 0 Å². The Hall–Kier alpha value is 0.260. The number of hydrogen-bond acceptors (Lipinski definition) is 0. The summed E-state index contributed by atoms with van der Waals surface area (Å²) >= 11 is 0. The SMILES string of the molecule is BBCBCB. The highest BCUT2D eigenvalue weighted by Crippen LogP contribution is 1.72. The van der Waals surface area contributed by atoms with E-state index in [0.29, 0.717) is 0 Å². The van der Waals surface area contributed by atoms with Crippen LogP contribution in [0.4, 0.5) is 0 Å². The molecule has 0 radical (unpaired) electrons. The molecule has 0 aromatic heterocycles. The molecule has 6 heavy (non-hydrogen) atoms. The van der Waals surface area contributed by atoms with Gasteiger partial charge in [-0.05, 0) is 0 Å². The molecule has 0 bridgehead atoms. The van der Waals surface area contributed by atoms with Gasteiger partial charge < -0.3 is 0 Å². The van der Waals surface area contributed by atoms with Crippen molar-refractivity contribution in [1.29, 1.82) is 0 Å². The number of rotatable bonds is 3. The fourth-order valence-electron chi connectivity index (χ4n) is 0.500. The van der Waals surface area contributed by atoms with Crippen LogP contribution >= 0.6 is 0 Å². The Morgan fingerprint density at radius 2 is 2.17 bits per heavy atom. The summed E-state index contributed by atoms with van der Waals surface area (Å²) in [6.45, 7) is 0. The van der Waals surface area contributed by atoms with E-state index in [4.69, 9.17) is 0 Å². The van der Waals surface area contributed by atoms with Crippen molar-refractivity contribution in [3.05, 3.63) is 0 Å². The first-order chi connectivity index (χ1) is 2.91. The Labute approximate surface area is 43.4 Å². The summed E-state index contributed by atoms with van der Waals surface area (Å²) in [5, 5.41) is 0. The molecular weight excluding hydrogens is 67.3 g/mol. The van der Waals surface area contributed by atoms with Crippen molar-refractivity contribution in [2.45, 2.75) is 12.4 Å². The highest BCUT2D eigenvalue weighted by Gasteiger charge is 1.81. The molecule has 0 spiro atoms. The zero-order chi connectivity index (χ0) is 4.83. The van der Waals surface area contributed by atoms with Gasteiger partial charge in [0.1, 0.15) is 7.28 Å². The van der Waals surface area contributed by atoms with Crippen LogP contribution in [0.15, 0.2) is 0 Å². The second-order valence-electron chi connectivity index (χ2n) is 1.71. The van der Waals surface area contributed by atoms with Crippen molar-refractivity contribution in [3.63, 3.8) is 0 Å². The predicted molar refractivity (Wildman–Crippen MR) is 41.0 cm³/mol. The minimum absolute atomic E-state index is 1.36. The quantitative estimate of drug-likeness (QED) is 0.265. The van der Waals surface area contributed by atoms with E-state index >= 15 is 0 Å². The highest BCUT2D eigenvalue weighted by molar-refractivity contribution is 6.93. The summed E-state index contributed by atoms with van der Waals surface area (Å²) < 4.78 is 0. The highest BCUT2D eigenvalue weighted by atomic mass is 13.3. The van der Waals surface area contributed by atoms with Gasteiger partial charge in [0.2, 0.25) is 0 Å². The lowest BCUT2D eigenvalue weighted by atomic mass is 9.41. The lowest BCUT2D eigenvalue weighted by molar-refractivity contribution is 1.90. The summed E-state index contributed by atoms with van der Waals surface area (Å²) in [6, 6.07) is 0. The molecule has 0 atom stereocenters. The van der Waals surface area contributed by atoms with E-state index in [-0.39, 0.29) is 0 Å². The Balaban J connectivity index is 2.34. The normalized spacial score (nSPS) is 7.33. The molecule has 4 heteroatoms. The van der Waals surface area contributed by atoms with E-state index < -0.39 is 0 Å². The molecule has 0 nitrogen and oxygen atoms in total. The average Bonchev–Trinajstić information content (AvgIpc) is 1.61. The Kier molecular flexibility index (Phi) is 5.49. The van der Waals surface area contributed by atoms with Crippen LogP contribution in [-0.4, -0.2) is 30.0 Å². The van der Waals surface area contributed by atoms with Gasteiger partial charge in [0, 0.05) is 0 Å². The first kappa shape index (κ1) is 6.26. The predicted octanol–water partition coefficient (Wildman–Crippen LogP) is -2.21. The van der Waals surface area contributed by atoms with E-state index in [1.807, 2.05) is 0 Å². The largest absolute Gasteiger partial charge is 0.108 e. The van der Waals surface area contributed by atoms with Crippen LogP contribution in [0.3, 0.4) is 0 Å². The van der Waals surface area contributed by atoms with E-state index in [1.165, 1.54) is 26.9 Å². The molecule has 0 saturated heterocycles. The molecule has 0 N–H and O–H groups in total. The van der Waals surface area contributed by atoms with Crippen molar-refractivity contribution in [2.75, 3.05) is 0 Å². The molecule has 0 heterocycles. The van der Waals surface area contributed by atoms with E-state index in [0.717, 1.165) is 0 Å². The second-order valence-corrected chi connectivity index (χ2v) is 1.71. The summed E-state index contributed by atoms with van der Waals surface area (Å²) in [6.07, 6.45) is 2.77. The Morgan fingerprint density at radius 1 is 1.50 bits per heavy atom. The monoisotopic (exact) mass is 78.1 g/mol. The van der Waals surface area contributed by atoms with Crippen LogP contribution < -0.4 is 0 Å². The lowest BCUT2D eigenvalue weighted by Crippen LogP contribution is -1.95. The zero-order valence-electron chi connectivity index (χ0n) is 4.83. The summed E-state index contributed by atoms with van der Waals surface area (Å²) in [5.41, 5.74) is 0. The fraction of sp³-hybridized carbons (Fsp3) is 1.00. The maximum Gasteiger partial charge on any atom is 0.104 e. The van der Waals surface area contributed by atoms with Crippen LogP contribution in [0, 0.1) is 0 Å². The minimum atomic E-state index is 1.36. The minimum Gasteiger partial charge on any atom is -0.108 e. The molecule has 0 amide bonds. The summed E-state index contributed by atoms with van der Waals surface area (Å²) in [7, 11) is 7.23. The molecule has 0 aromatic rings. The zero-order valence-corrected chi connectivity index (χ0v) is 4.83. The van der Waals surface area contributed by atoms with Gasteiger partial charge in [-0.1, -0.05) is 0 Å². The molecule has 0 aliphatic carbocycles. The van der Waals surface area contributed by atoms with Crippen molar-refractivity contribution < 1.29 is 0 Å². The van der Waals surface area contributed by atoms with Crippen LogP contribution in [0.25, 0.3) is 0 Å². The van der Waals surface area contributed by atoms with Gasteiger partial charge in [0.25, 0.3) is 0 Å². The van der Waals surface area contributed by atoms with E-state index in [2.05, 4.69) is 15.6 Å². The van der Waals surface area contributed by atoms with Crippen molar-refractivity contribution in [1.82, 2.24) is 0 Å². The molecule has 0 aliphatic rings. The molecule has 0 aromatic carbocycles. The first-order valence-electron chi connectivity index (χ1n) is 2.91. The van der Waals surface area contributed by atoms with Gasteiger partial charge in [-0.25, -0.2) is 0 Å². The van der Waals surface area contributed by atoms with Crippen LogP contribution in [0.1, 0.15) is 0 Å². The molecule has 0 fully saturated rings. The van der Waals surface area contributed by atoms with Gasteiger partial charge in [0.15, 0.2) is 0 Å². The Bertz CT molecular complexity index is 17.5. The van der Waals surface area contributed by atoms with Crippen molar-refractivity contribution in [2.24, 2.45) is 0 Å². The molecule has 0 saturated carbocycles. The molecule has 0 aliphatic heterocycles. The van der Waals surface area contributed by atoms with Crippen molar-refractivity contribution >= 4 is 30.0 Å². The first-order valence-corrected chi connectivity index (χ1v) is 2.91. The Morgan fingerprint density at radius 3 is 2.33 bits per heavy atom. The third kappa shape index (κ3) is 4.26. The summed E-state index contributed by atoms with van der Waals surface area (Å²) in [5.74, 6) is 0. The maximum absolute atomic E-state index is 2.23. The maximum atomic E-state index is 2.23. The van der Waals surface area contributed by atoms with Gasteiger partial charge >= 0.3 is 0 Å². The van der Waals surface area contributed by atoms with Crippen LogP contribution in [0.2, 0.25) is 12.4 Å². The van der Waals surface area contributed by atoms with E-state index in [9.17, 15) is 0 Å². The molecular formula is C2H10B4. The van der Waals surface area contributed by atoms with Crippen molar-refractivity contribution in [3.8, 4) is 0 Å².